The van der Waals surface area contributed by atoms with Crippen LogP contribution in [0.2, 0.25) is 0 Å². The molecule has 2 atom stereocenters. The summed E-state index contributed by atoms with van der Waals surface area (Å²) in [6.45, 7) is 4.82. The molecule has 2 saturated heterocycles. The van der Waals surface area contributed by atoms with Gasteiger partial charge in [-0.15, -0.1) is 0 Å². The molecule has 3 heterocycles. The Bertz CT molecular complexity index is 1810. The van der Waals surface area contributed by atoms with Crippen LogP contribution in [-0.2, 0) is 26.0 Å². The molecule has 44 heavy (non-hydrogen) atoms. The number of morpholine rings is 1. The van der Waals surface area contributed by atoms with Crippen LogP contribution in [0.25, 0.3) is 23.0 Å². The Morgan fingerprint density at radius 2 is 1.66 bits per heavy atom. The lowest BCUT2D eigenvalue weighted by Gasteiger charge is -2.34. The minimum absolute atomic E-state index is 0.152. The molecule has 1 amide bonds. The van der Waals surface area contributed by atoms with Crippen molar-refractivity contribution < 1.29 is 17.9 Å². The average Bonchev–Trinajstić information content (AvgIpc) is 3.56. The molecule has 4 aromatic rings. The second kappa shape index (κ2) is 12.8. The molecular weight excluding hydrogens is 613 g/mol. The molecule has 1 aromatic heterocycles. The van der Waals surface area contributed by atoms with Gasteiger partial charge in [0.25, 0.3) is 5.91 Å². The summed E-state index contributed by atoms with van der Waals surface area (Å²) >= 11 is 6.86. The fraction of sp³-hybridized carbons (Fsp3) is 0.242. The van der Waals surface area contributed by atoms with Gasteiger partial charge in [-0.2, -0.15) is 9.40 Å². The molecule has 226 valence electrons. The zero-order valence-electron chi connectivity index (χ0n) is 24.4. The number of thioether (sulfide) groups is 1. The maximum absolute atomic E-state index is 13.7. The Kier molecular flexibility index (Phi) is 8.84. The summed E-state index contributed by atoms with van der Waals surface area (Å²) in [7, 11) is -3.77. The van der Waals surface area contributed by atoms with E-state index < -0.39 is 10.0 Å². The van der Waals surface area contributed by atoms with E-state index in [0.29, 0.717) is 39.0 Å². The van der Waals surface area contributed by atoms with Gasteiger partial charge in [-0.1, -0.05) is 84.6 Å². The van der Waals surface area contributed by atoms with Gasteiger partial charge in [-0.3, -0.25) is 9.69 Å². The van der Waals surface area contributed by atoms with Crippen LogP contribution in [0.4, 0.5) is 0 Å². The molecule has 0 aliphatic carbocycles. The van der Waals surface area contributed by atoms with E-state index in [1.54, 1.807) is 33.9 Å². The first-order chi connectivity index (χ1) is 21.2. The Labute approximate surface area is 267 Å². The van der Waals surface area contributed by atoms with Crippen molar-refractivity contribution in [1.29, 1.82) is 0 Å². The number of nitrogens with zero attached hydrogens (tertiary/aromatic N) is 4. The number of hydrogen-bond donors (Lipinski definition) is 0. The zero-order valence-corrected chi connectivity index (χ0v) is 26.8. The molecule has 0 bridgehead atoms. The number of carbonyl (C=O) groups excluding carboxylic acids is 1. The van der Waals surface area contributed by atoms with Gasteiger partial charge in [0.1, 0.15) is 10.0 Å². The van der Waals surface area contributed by atoms with Crippen molar-refractivity contribution in [1.82, 2.24) is 19.0 Å². The number of amides is 1. The van der Waals surface area contributed by atoms with Gasteiger partial charge in [0, 0.05) is 37.0 Å². The number of ether oxygens (including phenoxy) is 1. The summed E-state index contributed by atoms with van der Waals surface area (Å²) in [6, 6.07) is 26.5. The molecule has 11 heteroatoms. The highest BCUT2D eigenvalue weighted by Crippen LogP contribution is 2.35. The third kappa shape index (κ3) is 6.43. The summed E-state index contributed by atoms with van der Waals surface area (Å²) in [5, 5.41) is 4.87. The first-order valence-electron chi connectivity index (χ1n) is 14.4. The van der Waals surface area contributed by atoms with Crippen molar-refractivity contribution in [2.45, 2.75) is 37.4 Å². The minimum Gasteiger partial charge on any atom is -0.373 e. The van der Waals surface area contributed by atoms with E-state index in [2.05, 4.69) is 0 Å². The van der Waals surface area contributed by atoms with Crippen molar-refractivity contribution in [3.05, 3.63) is 107 Å². The van der Waals surface area contributed by atoms with Crippen molar-refractivity contribution in [3.63, 3.8) is 0 Å². The third-order valence-corrected chi connectivity index (χ3v) is 10.7. The Morgan fingerprint density at radius 1 is 0.977 bits per heavy atom. The van der Waals surface area contributed by atoms with Gasteiger partial charge in [-0.25, -0.2) is 13.1 Å². The fourth-order valence-corrected chi connectivity index (χ4v) is 8.37. The molecule has 2 aliphatic rings. The minimum atomic E-state index is -3.77. The van der Waals surface area contributed by atoms with Crippen LogP contribution in [-0.4, -0.2) is 69.5 Å². The first kappa shape index (κ1) is 30.4. The molecule has 0 spiro atoms. The summed E-state index contributed by atoms with van der Waals surface area (Å²) in [5.41, 5.74) is 3.84. The van der Waals surface area contributed by atoms with Crippen molar-refractivity contribution in [2.75, 3.05) is 19.6 Å². The number of para-hydroxylation sites is 1. The maximum atomic E-state index is 13.7. The van der Waals surface area contributed by atoms with Crippen molar-refractivity contribution in [3.8, 4) is 16.9 Å². The van der Waals surface area contributed by atoms with Crippen LogP contribution in [0, 0.1) is 0 Å². The summed E-state index contributed by atoms with van der Waals surface area (Å²) in [4.78, 5) is 15.8. The quantitative estimate of drug-likeness (QED) is 0.178. The highest BCUT2D eigenvalue weighted by Gasteiger charge is 2.34. The third-order valence-electron chi connectivity index (χ3n) is 7.52. The summed E-state index contributed by atoms with van der Waals surface area (Å²) in [6.07, 6.45) is 3.95. The van der Waals surface area contributed by atoms with E-state index in [4.69, 9.17) is 22.1 Å². The predicted molar refractivity (Wildman–Crippen MR) is 178 cm³/mol. The highest BCUT2D eigenvalue weighted by atomic mass is 32.2. The highest BCUT2D eigenvalue weighted by molar-refractivity contribution is 8.26. The lowest BCUT2D eigenvalue weighted by molar-refractivity contribution is -0.122. The van der Waals surface area contributed by atoms with Gasteiger partial charge in [0.05, 0.1) is 27.7 Å². The number of thiocarbonyl (C=S) groups is 1. The lowest BCUT2D eigenvalue weighted by atomic mass is 10.1. The number of aromatic nitrogens is 2. The van der Waals surface area contributed by atoms with E-state index in [9.17, 15) is 13.2 Å². The van der Waals surface area contributed by atoms with E-state index in [1.807, 2.05) is 86.8 Å². The number of sulfonamides is 1. The van der Waals surface area contributed by atoms with Gasteiger partial charge >= 0.3 is 0 Å². The van der Waals surface area contributed by atoms with E-state index in [1.165, 1.54) is 16.1 Å². The summed E-state index contributed by atoms with van der Waals surface area (Å²) in [5.74, 6) is -0.152. The molecule has 3 aromatic carbocycles. The van der Waals surface area contributed by atoms with Crippen LogP contribution in [0.15, 0.2) is 101 Å². The van der Waals surface area contributed by atoms with Gasteiger partial charge in [-0.05, 0) is 56.2 Å². The topological polar surface area (TPSA) is 84.7 Å². The van der Waals surface area contributed by atoms with Crippen molar-refractivity contribution in [2.24, 2.45) is 0 Å². The Hall–Kier alpha value is -3.61. The Balaban J connectivity index is 1.35. The maximum Gasteiger partial charge on any atom is 0.266 e. The van der Waals surface area contributed by atoms with E-state index in [0.717, 1.165) is 11.3 Å². The van der Waals surface area contributed by atoms with Crippen LogP contribution >= 0.6 is 24.0 Å². The monoisotopic (exact) mass is 644 g/mol. The average molecular weight is 645 g/mol. The number of carbonyl (C=O) groups is 1. The molecule has 8 nitrogen and oxygen atoms in total. The molecule has 2 aliphatic heterocycles. The molecular formula is C33H32N4O4S3. The smallest absolute Gasteiger partial charge is 0.266 e. The second-order valence-electron chi connectivity index (χ2n) is 10.9. The van der Waals surface area contributed by atoms with Crippen LogP contribution in [0.1, 0.15) is 25.0 Å². The normalized spacial score (nSPS) is 20.5. The van der Waals surface area contributed by atoms with Crippen LogP contribution in [0.3, 0.4) is 0 Å². The molecule has 2 unspecified atom stereocenters. The van der Waals surface area contributed by atoms with E-state index in [-0.39, 0.29) is 36.1 Å². The molecule has 0 N–H and O–H groups in total. The fourth-order valence-electron chi connectivity index (χ4n) is 5.43. The number of benzene rings is 3. The van der Waals surface area contributed by atoms with Gasteiger partial charge in [0.15, 0.2) is 0 Å². The van der Waals surface area contributed by atoms with Crippen LogP contribution < -0.4 is 0 Å². The second-order valence-corrected chi connectivity index (χ2v) is 14.5. The number of rotatable bonds is 8. The molecule has 2 fully saturated rings. The van der Waals surface area contributed by atoms with Crippen molar-refractivity contribution >= 4 is 50.3 Å². The van der Waals surface area contributed by atoms with Gasteiger partial charge in [0.2, 0.25) is 10.0 Å². The largest absolute Gasteiger partial charge is 0.373 e. The Morgan fingerprint density at radius 3 is 2.36 bits per heavy atom. The van der Waals surface area contributed by atoms with E-state index >= 15 is 0 Å². The summed E-state index contributed by atoms with van der Waals surface area (Å²) < 4.78 is 36.9. The SMILES string of the molecule is CC1CN(S(=O)(=O)c2cccc(-c3nn(-c4ccccc4)cc3/C=C3\SC(=S)N(CCc4ccccc4)C3=O)c2)CC(C)O1. The first-order valence-corrected chi connectivity index (χ1v) is 17.1. The number of hydrogen-bond acceptors (Lipinski definition) is 7. The zero-order chi connectivity index (χ0) is 30.8. The molecule has 0 saturated carbocycles. The van der Waals surface area contributed by atoms with Gasteiger partial charge < -0.3 is 4.74 Å². The van der Waals surface area contributed by atoms with Crippen LogP contribution in [0.5, 0.6) is 0 Å². The molecule has 0 radical (unpaired) electrons. The standard InChI is InChI=1S/C33H32N4O4S3/c1-23-20-35(21-24(2)41-23)44(39,40)29-15-9-12-26(18-29)31-27(22-37(34-31)28-13-7-4-8-14-28)19-30-32(38)36(33(42)43-30)17-16-25-10-5-3-6-11-25/h3-15,18-19,22-24H,16-17,20-21H2,1-2H3/b30-19-. The predicted octanol–water partition coefficient (Wildman–Crippen LogP) is 5.78. The molecule has 6 rings (SSSR count). The lowest BCUT2D eigenvalue weighted by Crippen LogP contribution is -2.48.